The van der Waals surface area contributed by atoms with Crippen LogP contribution in [0.15, 0.2) is 91.4 Å². The molecule has 3 heterocycles. The highest BCUT2D eigenvalue weighted by atomic mass is 16.5. The molecule has 0 bridgehead atoms. The second-order valence-electron chi connectivity index (χ2n) is 10.5. The Morgan fingerprint density at radius 3 is 2.39 bits per heavy atom. The SMILES string of the molecule is [C-]#[N+]c1cc(Oc2ccc3c4ccccc4n(-c4cc(C(C)(C)C)ccn4)c3c2)cc(-c2nccn2C)c1. The second-order valence-corrected chi connectivity index (χ2v) is 10.5. The Bertz CT molecular complexity index is 1860. The number of rotatable bonds is 4. The van der Waals surface area contributed by atoms with Crippen LogP contribution in [0.3, 0.4) is 0 Å². The van der Waals surface area contributed by atoms with Crippen molar-refractivity contribution in [1.82, 2.24) is 19.1 Å². The van der Waals surface area contributed by atoms with Crippen molar-refractivity contribution in [1.29, 1.82) is 0 Å². The summed E-state index contributed by atoms with van der Waals surface area (Å²) in [4.78, 5) is 12.9. The molecule has 6 heteroatoms. The molecular formula is C32H27N5O. The molecule has 0 aliphatic carbocycles. The highest BCUT2D eigenvalue weighted by Gasteiger charge is 2.18. The molecule has 0 radical (unpaired) electrons. The number of aromatic nitrogens is 4. The average Bonchev–Trinajstić information content (AvgIpc) is 3.48. The fraction of sp³-hybridized carbons (Fsp3) is 0.156. The second kappa shape index (κ2) is 8.89. The van der Waals surface area contributed by atoms with Crippen molar-refractivity contribution in [2.75, 3.05) is 0 Å². The van der Waals surface area contributed by atoms with Gasteiger partial charge < -0.3 is 9.30 Å². The van der Waals surface area contributed by atoms with Gasteiger partial charge in [0.15, 0.2) is 5.69 Å². The largest absolute Gasteiger partial charge is 0.459 e. The molecule has 6 rings (SSSR count). The highest BCUT2D eigenvalue weighted by molar-refractivity contribution is 6.09. The molecule has 6 nitrogen and oxygen atoms in total. The van der Waals surface area contributed by atoms with E-state index < -0.39 is 0 Å². The van der Waals surface area contributed by atoms with Gasteiger partial charge in [-0.3, -0.25) is 4.57 Å². The lowest BCUT2D eigenvalue weighted by Crippen LogP contribution is -2.12. The van der Waals surface area contributed by atoms with Crippen LogP contribution >= 0.6 is 0 Å². The summed E-state index contributed by atoms with van der Waals surface area (Å²) in [7, 11) is 1.93. The molecule has 0 aliphatic heterocycles. The lowest BCUT2D eigenvalue weighted by molar-refractivity contribution is 0.484. The van der Waals surface area contributed by atoms with Gasteiger partial charge >= 0.3 is 0 Å². The quantitative estimate of drug-likeness (QED) is 0.231. The van der Waals surface area contributed by atoms with Gasteiger partial charge in [-0.15, -0.1) is 0 Å². The molecule has 6 aromatic rings. The lowest BCUT2D eigenvalue weighted by Gasteiger charge is -2.20. The Morgan fingerprint density at radius 1 is 0.816 bits per heavy atom. The molecule has 0 unspecified atom stereocenters. The number of ether oxygens (including phenoxy) is 1. The summed E-state index contributed by atoms with van der Waals surface area (Å²) >= 11 is 0. The van der Waals surface area contributed by atoms with Crippen LogP contribution in [0.25, 0.3) is 43.9 Å². The van der Waals surface area contributed by atoms with Crippen LogP contribution in [0.1, 0.15) is 26.3 Å². The Hall–Kier alpha value is -4.89. The number of imidazole rings is 1. The van der Waals surface area contributed by atoms with Gasteiger partial charge in [0.05, 0.1) is 17.6 Å². The minimum absolute atomic E-state index is 0.00352. The summed E-state index contributed by atoms with van der Waals surface area (Å²) in [6, 6.07) is 24.2. The molecule has 0 amide bonds. The van der Waals surface area contributed by atoms with Crippen molar-refractivity contribution < 1.29 is 4.74 Å². The standard InChI is InChI=1S/C32H27N5O/c1-32(2,3)22-12-13-34-30(18-22)37-28-9-7-6-8-26(28)27-11-10-24(20-29(27)37)38-25-17-21(16-23(19-25)33-4)31-35-14-15-36(31)5/h6-20H,1-3,5H3. The molecule has 3 aromatic heterocycles. The third-order valence-electron chi connectivity index (χ3n) is 6.82. The summed E-state index contributed by atoms with van der Waals surface area (Å²) in [5.74, 6) is 2.92. The van der Waals surface area contributed by atoms with Crippen LogP contribution in [0.2, 0.25) is 0 Å². The first kappa shape index (κ1) is 23.5. The van der Waals surface area contributed by atoms with Gasteiger partial charge in [-0.1, -0.05) is 39.0 Å². The Kier molecular flexibility index (Phi) is 5.50. The van der Waals surface area contributed by atoms with Crippen molar-refractivity contribution >= 4 is 27.5 Å². The smallest absolute Gasteiger partial charge is 0.191 e. The number of pyridine rings is 1. The molecule has 186 valence electrons. The lowest BCUT2D eigenvalue weighted by atomic mass is 9.88. The molecular weight excluding hydrogens is 470 g/mol. The van der Waals surface area contributed by atoms with Gasteiger partial charge in [-0.2, -0.15) is 0 Å². The topological polar surface area (TPSA) is 49.2 Å². The zero-order chi connectivity index (χ0) is 26.4. The van der Waals surface area contributed by atoms with E-state index in [1.165, 1.54) is 5.56 Å². The van der Waals surface area contributed by atoms with E-state index in [2.05, 4.69) is 77.6 Å². The normalized spacial score (nSPS) is 11.7. The van der Waals surface area contributed by atoms with E-state index in [9.17, 15) is 0 Å². The van der Waals surface area contributed by atoms with E-state index in [-0.39, 0.29) is 5.41 Å². The molecule has 0 fully saturated rings. The number of para-hydroxylation sites is 1. The summed E-state index contributed by atoms with van der Waals surface area (Å²) in [5, 5.41) is 2.28. The van der Waals surface area contributed by atoms with E-state index in [1.54, 1.807) is 12.3 Å². The first-order valence-electron chi connectivity index (χ1n) is 12.5. The van der Waals surface area contributed by atoms with E-state index in [1.807, 2.05) is 48.3 Å². The highest BCUT2D eigenvalue weighted by Crippen LogP contribution is 2.37. The van der Waals surface area contributed by atoms with Gasteiger partial charge in [-0.05, 0) is 59.5 Å². The Balaban J connectivity index is 1.50. The van der Waals surface area contributed by atoms with Crippen LogP contribution in [0, 0.1) is 6.57 Å². The van der Waals surface area contributed by atoms with Crippen LogP contribution in [0.4, 0.5) is 5.69 Å². The number of fused-ring (bicyclic) bond motifs is 3. The van der Waals surface area contributed by atoms with Gasteiger partial charge in [0.25, 0.3) is 0 Å². The molecule has 0 saturated carbocycles. The van der Waals surface area contributed by atoms with Gasteiger partial charge in [-0.25, -0.2) is 14.8 Å². The van der Waals surface area contributed by atoms with E-state index in [0.717, 1.165) is 39.0 Å². The number of aryl methyl sites for hydroxylation is 1. The van der Waals surface area contributed by atoms with Crippen LogP contribution in [0.5, 0.6) is 11.5 Å². The van der Waals surface area contributed by atoms with E-state index in [4.69, 9.17) is 16.3 Å². The first-order valence-corrected chi connectivity index (χ1v) is 12.5. The number of hydrogen-bond acceptors (Lipinski definition) is 3. The van der Waals surface area contributed by atoms with Crippen LogP contribution < -0.4 is 4.74 Å². The van der Waals surface area contributed by atoms with Crippen molar-refractivity contribution in [3.8, 4) is 28.7 Å². The van der Waals surface area contributed by atoms with Gasteiger partial charge in [0.2, 0.25) is 0 Å². The minimum Gasteiger partial charge on any atom is -0.459 e. The van der Waals surface area contributed by atoms with Crippen molar-refractivity contribution in [2.24, 2.45) is 7.05 Å². The average molecular weight is 498 g/mol. The zero-order valence-electron chi connectivity index (χ0n) is 21.8. The number of hydrogen-bond donors (Lipinski definition) is 0. The Labute approximate surface area is 221 Å². The van der Waals surface area contributed by atoms with Gasteiger partial charge in [0.1, 0.15) is 23.1 Å². The van der Waals surface area contributed by atoms with E-state index >= 15 is 0 Å². The fourth-order valence-electron chi connectivity index (χ4n) is 4.88. The molecule has 38 heavy (non-hydrogen) atoms. The molecule has 0 atom stereocenters. The molecule has 0 saturated heterocycles. The monoisotopic (exact) mass is 497 g/mol. The first-order chi connectivity index (χ1) is 18.3. The molecule has 0 N–H and O–H groups in total. The predicted octanol–water partition coefficient (Wildman–Crippen LogP) is 8.22. The molecule has 3 aromatic carbocycles. The minimum atomic E-state index is 0.00352. The maximum Gasteiger partial charge on any atom is 0.191 e. The van der Waals surface area contributed by atoms with Gasteiger partial charge in [0, 0.05) is 48.0 Å². The van der Waals surface area contributed by atoms with Crippen molar-refractivity contribution in [3.63, 3.8) is 0 Å². The predicted molar refractivity (Wildman–Crippen MR) is 152 cm³/mol. The maximum atomic E-state index is 7.58. The van der Waals surface area contributed by atoms with Crippen LogP contribution in [-0.2, 0) is 12.5 Å². The summed E-state index contributed by atoms with van der Waals surface area (Å²) in [6.45, 7) is 14.2. The van der Waals surface area contributed by atoms with Crippen molar-refractivity contribution in [2.45, 2.75) is 26.2 Å². The number of nitrogens with zero attached hydrogens (tertiary/aromatic N) is 5. The maximum absolute atomic E-state index is 7.58. The zero-order valence-corrected chi connectivity index (χ0v) is 21.8. The van der Waals surface area contributed by atoms with E-state index in [0.29, 0.717) is 17.2 Å². The third kappa shape index (κ3) is 4.08. The summed E-state index contributed by atoms with van der Waals surface area (Å²) < 4.78 is 10.5. The number of benzene rings is 3. The summed E-state index contributed by atoms with van der Waals surface area (Å²) in [6.07, 6.45) is 5.51. The summed E-state index contributed by atoms with van der Waals surface area (Å²) in [5.41, 5.74) is 4.65. The Morgan fingerprint density at radius 2 is 1.63 bits per heavy atom. The third-order valence-corrected chi connectivity index (χ3v) is 6.82. The van der Waals surface area contributed by atoms with Crippen molar-refractivity contribution in [3.05, 3.63) is 108 Å². The molecule has 0 spiro atoms. The fourth-order valence-corrected chi connectivity index (χ4v) is 4.88. The molecule has 0 aliphatic rings. The van der Waals surface area contributed by atoms with Crippen LogP contribution in [-0.4, -0.2) is 19.1 Å².